The Morgan fingerprint density at radius 2 is 1.23 bits per heavy atom. The van der Waals surface area contributed by atoms with Crippen molar-refractivity contribution in [3.63, 3.8) is 0 Å². The molecule has 0 fully saturated rings. The molecule has 1 atom stereocenters. The molecule has 246 valence electrons. The maximum absolute atomic E-state index is 13.0. The molecule has 0 bridgehead atoms. The van der Waals surface area contributed by atoms with Gasteiger partial charge in [0.05, 0.1) is 51.3 Å². The summed E-state index contributed by atoms with van der Waals surface area (Å²) in [6.45, 7) is 1.86. The first kappa shape index (κ1) is 36.4. The number of methoxy groups -OCH3 is 1. The van der Waals surface area contributed by atoms with Crippen LogP contribution in [0.15, 0.2) is 97.3 Å². The van der Waals surface area contributed by atoms with Crippen LogP contribution >= 0.6 is 46.4 Å². The van der Waals surface area contributed by atoms with Gasteiger partial charge in [0, 0.05) is 35.3 Å². The minimum Gasteiger partial charge on any atom is -0.478 e. The third kappa shape index (κ3) is 10.3. The quantitative estimate of drug-likeness (QED) is 0.146. The molecule has 2 N–H and O–H groups in total. The molecule has 0 radical (unpaired) electrons. The number of aromatic carboxylic acids is 1. The SMILES string of the molecule is COC(=O)c1ccc([C@H](C)NC(=O)c2cc(Cl)cnc2Cc2cccc(Cl)c2)cc1.O=C(O)c1cc(Cl)cnc1Cc1cccc(Cl)c1. The Bertz CT molecular complexity index is 1940. The predicted octanol–water partition coefficient (Wildman–Crippen LogP) is 8.93. The van der Waals surface area contributed by atoms with Gasteiger partial charge >= 0.3 is 11.9 Å². The molecule has 0 aliphatic carbocycles. The number of hydrogen-bond donors (Lipinski definition) is 2. The van der Waals surface area contributed by atoms with Crippen LogP contribution < -0.4 is 5.32 Å². The molecule has 0 aliphatic heterocycles. The number of nitrogens with one attached hydrogen (secondary N) is 1. The second-order valence-electron chi connectivity index (χ2n) is 10.5. The standard InChI is InChI=1S/C23H20Cl2N2O3.C13H9Cl2NO2/c1-14(16-6-8-17(9-7-16)23(29)30-2)27-22(28)20-12-19(25)13-26-21(20)11-15-4-3-5-18(24)10-15;14-9-3-1-2-8(4-9)5-12-11(13(17)18)6-10(15)7-16-12/h3-10,12-14H,11H2,1-2H3,(H,27,28);1-4,6-7H,5H2,(H,17,18)/t14-;/m0./s1. The first-order valence-electron chi connectivity index (χ1n) is 14.4. The van der Waals surface area contributed by atoms with Gasteiger partial charge in [-0.3, -0.25) is 14.8 Å². The lowest BCUT2D eigenvalue weighted by Gasteiger charge is -2.16. The lowest BCUT2D eigenvalue weighted by atomic mass is 10.0. The van der Waals surface area contributed by atoms with Gasteiger partial charge in [-0.15, -0.1) is 0 Å². The lowest BCUT2D eigenvalue weighted by Crippen LogP contribution is -2.28. The van der Waals surface area contributed by atoms with Crippen LogP contribution in [0.2, 0.25) is 20.1 Å². The molecule has 0 unspecified atom stereocenters. The molecule has 5 aromatic rings. The van der Waals surface area contributed by atoms with E-state index in [2.05, 4.69) is 15.3 Å². The smallest absolute Gasteiger partial charge is 0.337 e. The van der Waals surface area contributed by atoms with E-state index in [1.807, 2.05) is 37.3 Å². The zero-order valence-electron chi connectivity index (χ0n) is 25.7. The number of benzene rings is 3. The Morgan fingerprint density at radius 1 is 0.729 bits per heavy atom. The highest BCUT2D eigenvalue weighted by molar-refractivity contribution is 6.31. The summed E-state index contributed by atoms with van der Waals surface area (Å²) < 4.78 is 4.70. The summed E-state index contributed by atoms with van der Waals surface area (Å²) in [5, 5.41) is 14.0. The molecular weight excluding hydrogens is 696 g/mol. The average Bonchev–Trinajstić information content (AvgIpc) is 3.06. The molecule has 0 aliphatic rings. The van der Waals surface area contributed by atoms with E-state index >= 15 is 0 Å². The van der Waals surface area contributed by atoms with Gasteiger partial charge in [-0.1, -0.05) is 82.8 Å². The van der Waals surface area contributed by atoms with Gasteiger partial charge in [0.15, 0.2) is 0 Å². The molecule has 2 heterocycles. The van der Waals surface area contributed by atoms with E-state index < -0.39 is 11.9 Å². The van der Waals surface area contributed by atoms with Gasteiger partial charge in [0.1, 0.15) is 0 Å². The first-order chi connectivity index (χ1) is 22.9. The minimum atomic E-state index is -1.04. The van der Waals surface area contributed by atoms with Gasteiger partial charge < -0.3 is 15.2 Å². The molecule has 12 heteroatoms. The van der Waals surface area contributed by atoms with Gasteiger partial charge in [0.25, 0.3) is 5.91 Å². The van der Waals surface area contributed by atoms with Crippen LogP contribution in [0.5, 0.6) is 0 Å². The summed E-state index contributed by atoms with van der Waals surface area (Å²) in [5.74, 6) is -1.73. The Morgan fingerprint density at radius 3 is 1.71 bits per heavy atom. The number of carboxylic acid groups (broad SMARTS) is 1. The van der Waals surface area contributed by atoms with Crippen LogP contribution in [0.4, 0.5) is 0 Å². The second-order valence-corrected chi connectivity index (χ2v) is 12.3. The maximum atomic E-state index is 13.0. The molecule has 3 aromatic carbocycles. The van der Waals surface area contributed by atoms with Gasteiger partial charge in [-0.05, 0) is 72.1 Å². The number of carbonyl (C=O) groups excluding carboxylic acids is 2. The fourth-order valence-corrected chi connectivity index (χ4v) is 5.40. The number of ether oxygens (including phenoxy) is 1. The molecule has 2 aromatic heterocycles. The van der Waals surface area contributed by atoms with E-state index in [0.717, 1.165) is 16.7 Å². The van der Waals surface area contributed by atoms with Crippen LogP contribution in [-0.2, 0) is 17.6 Å². The van der Waals surface area contributed by atoms with Crippen LogP contribution in [0.1, 0.15) is 72.1 Å². The summed E-state index contributed by atoms with van der Waals surface area (Å²) in [5.41, 5.74) is 4.73. The maximum Gasteiger partial charge on any atom is 0.337 e. The highest BCUT2D eigenvalue weighted by Crippen LogP contribution is 2.22. The van der Waals surface area contributed by atoms with Gasteiger partial charge in [0.2, 0.25) is 0 Å². The Balaban J connectivity index is 0.000000246. The van der Waals surface area contributed by atoms with Crippen molar-refractivity contribution in [3.8, 4) is 0 Å². The number of amides is 1. The molecule has 1 amide bonds. The lowest BCUT2D eigenvalue weighted by molar-refractivity contribution is 0.0599. The largest absolute Gasteiger partial charge is 0.478 e. The Labute approximate surface area is 297 Å². The summed E-state index contributed by atoms with van der Waals surface area (Å²) in [7, 11) is 1.33. The normalized spacial score (nSPS) is 11.1. The van der Waals surface area contributed by atoms with Crippen molar-refractivity contribution in [2.75, 3.05) is 7.11 Å². The monoisotopic (exact) mass is 723 g/mol. The van der Waals surface area contributed by atoms with Crippen molar-refractivity contribution in [1.29, 1.82) is 0 Å². The summed E-state index contributed by atoms with van der Waals surface area (Å²) in [4.78, 5) is 44.1. The summed E-state index contributed by atoms with van der Waals surface area (Å²) in [6, 6.07) is 24.2. The minimum absolute atomic E-state index is 0.113. The zero-order chi connectivity index (χ0) is 34.8. The van der Waals surface area contributed by atoms with E-state index in [4.69, 9.17) is 56.2 Å². The highest BCUT2D eigenvalue weighted by atomic mass is 35.5. The third-order valence-electron chi connectivity index (χ3n) is 7.05. The molecule has 0 saturated carbocycles. The number of esters is 1. The number of pyridine rings is 2. The van der Waals surface area contributed by atoms with Crippen molar-refractivity contribution in [2.45, 2.75) is 25.8 Å². The molecule has 0 spiro atoms. The van der Waals surface area contributed by atoms with E-state index in [0.29, 0.717) is 55.4 Å². The number of hydrogen-bond acceptors (Lipinski definition) is 6. The topological polar surface area (TPSA) is 118 Å². The molecule has 8 nitrogen and oxygen atoms in total. The van der Waals surface area contributed by atoms with Crippen LogP contribution in [0, 0.1) is 0 Å². The number of aromatic nitrogens is 2. The second kappa shape index (κ2) is 17.1. The number of halogens is 4. The summed E-state index contributed by atoms with van der Waals surface area (Å²) in [6.07, 6.45) is 3.81. The van der Waals surface area contributed by atoms with Crippen molar-refractivity contribution >= 4 is 64.2 Å². The molecule has 5 rings (SSSR count). The van der Waals surface area contributed by atoms with Gasteiger partial charge in [-0.2, -0.15) is 0 Å². The predicted molar refractivity (Wildman–Crippen MR) is 188 cm³/mol. The summed E-state index contributed by atoms with van der Waals surface area (Å²) >= 11 is 23.8. The molecular formula is C36H29Cl4N3O5. The van der Waals surface area contributed by atoms with Crippen molar-refractivity contribution < 1.29 is 24.2 Å². The van der Waals surface area contributed by atoms with Crippen molar-refractivity contribution in [3.05, 3.63) is 162 Å². The third-order valence-corrected chi connectivity index (χ3v) is 7.93. The van der Waals surface area contributed by atoms with E-state index in [9.17, 15) is 14.4 Å². The van der Waals surface area contributed by atoms with E-state index in [1.165, 1.54) is 25.6 Å². The zero-order valence-corrected chi connectivity index (χ0v) is 28.7. The average molecular weight is 725 g/mol. The number of rotatable bonds is 9. The molecule has 0 saturated heterocycles. The first-order valence-corrected chi connectivity index (χ1v) is 15.9. The Hall–Kier alpha value is -4.47. The Kier molecular flexibility index (Phi) is 12.9. The fourth-order valence-electron chi connectivity index (χ4n) is 4.66. The fraction of sp³-hybridized carbons (Fsp3) is 0.139. The van der Waals surface area contributed by atoms with E-state index in [1.54, 1.807) is 48.5 Å². The number of nitrogens with zero attached hydrogens (tertiary/aromatic N) is 2. The number of carbonyl (C=O) groups is 3. The molecule has 48 heavy (non-hydrogen) atoms. The van der Waals surface area contributed by atoms with Gasteiger partial charge in [-0.25, -0.2) is 9.59 Å². The number of carboxylic acids is 1. The highest BCUT2D eigenvalue weighted by Gasteiger charge is 2.18. The van der Waals surface area contributed by atoms with E-state index in [-0.39, 0.29) is 17.5 Å². The van der Waals surface area contributed by atoms with Crippen molar-refractivity contribution in [1.82, 2.24) is 15.3 Å². The van der Waals surface area contributed by atoms with Crippen LogP contribution in [-0.4, -0.2) is 40.0 Å². The van der Waals surface area contributed by atoms with Crippen LogP contribution in [0.25, 0.3) is 0 Å². The van der Waals surface area contributed by atoms with Crippen molar-refractivity contribution in [2.24, 2.45) is 0 Å². The van der Waals surface area contributed by atoms with Crippen LogP contribution in [0.3, 0.4) is 0 Å².